The Morgan fingerprint density at radius 2 is 1.89 bits per heavy atom. The summed E-state index contributed by atoms with van der Waals surface area (Å²) in [4.78, 5) is 26.5. The highest BCUT2D eigenvalue weighted by molar-refractivity contribution is 7.92. The number of hydrogen-bond acceptors (Lipinski definition) is 7. The van der Waals surface area contributed by atoms with Gasteiger partial charge in [0.15, 0.2) is 0 Å². The van der Waals surface area contributed by atoms with Gasteiger partial charge in [0.2, 0.25) is 10.0 Å². The van der Waals surface area contributed by atoms with Crippen molar-refractivity contribution in [1.29, 1.82) is 0 Å². The highest BCUT2D eigenvalue weighted by atomic mass is 32.2. The van der Waals surface area contributed by atoms with Gasteiger partial charge in [-0.15, -0.1) is 0 Å². The number of Topliss-reactive ketones (excluding diaryl/α,β-unsaturated/α-hetero) is 1. The number of fused-ring (bicyclic) bond motifs is 4. The Hall–Kier alpha value is -3.30. The third-order valence-electron chi connectivity index (χ3n) is 7.79. The van der Waals surface area contributed by atoms with Gasteiger partial charge in [-0.05, 0) is 49.2 Å². The highest BCUT2D eigenvalue weighted by Crippen LogP contribution is 2.52. The number of anilines is 2. The van der Waals surface area contributed by atoms with Crippen LogP contribution in [0.4, 0.5) is 11.4 Å². The van der Waals surface area contributed by atoms with E-state index in [4.69, 9.17) is 4.98 Å². The van der Waals surface area contributed by atoms with Gasteiger partial charge < -0.3 is 9.80 Å². The number of nitrogens with one attached hydrogen (secondary N) is 1. The van der Waals surface area contributed by atoms with Gasteiger partial charge >= 0.3 is 0 Å². The first-order valence-corrected chi connectivity index (χ1v) is 14.1. The topological polar surface area (TPSA) is 95.5 Å². The Balaban J connectivity index is 1.49. The largest absolute Gasteiger partial charge is 0.372 e. The van der Waals surface area contributed by atoms with E-state index in [1.54, 1.807) is 6.20 Å². The van der Waals surface area contributed by atoms with Crippen LogP contribution in [0.5, 0.6) is 0 Å². The van der Waals surface area contributed by atoms with Gasteiger partial charge in [-0.3, -0.25) is 19.5 Å². The number of hydrogen-bond donors (Lipinski definition) is 1. The molecule has 1 unspecified atom stereocenters. The van der Waals surface area contributed by atoms with Gasteiger partial charge in [-0.25, -0.2) is 8.42 Å². The second-order valence-corrected chi connectivity index (χ2v) is 12.1. The summed E-state index contributed by atoms with van der Waals surface area (Å²) in [6.07, 6.45) is 9.22. The monoisotopic (exact) mass is 503 g/mol. The minimum absolute atomic E-state index is 0.295. The number of carbonyl (C=O) groups is 1. The van der Waals surface area contributed by atoms with E-state index in [2.05, 4.69) is 38.7 Å². The molecule has 6 rings (SSSR count). The molecular formula is C27H29N5O3S. The number of nitrogens with zero attached hydrogens (tertiary/aromatic N) is 4. The minimum Gasteiger partial charge on any atom is -0.372 e. The fraction of sp³-hybridized carbons (Fsp3) is 0.370. The van der Waals surface area contributed by atoms with Gasteiger partial charge in [-0.2, -0.15) is 0 Å². The van der Waals surface area contributed by atoms with E-state index >= 15 is 0 Å². The van der Waals surface area contributed by atoms with E-state index in [1.807, 2.05) is 31.4 Å². The number of ketones is 1. The molecule has 8 nitrogen and oxygen atoms in total. The molecular weight excluding hydrogens is 474 g/mol. The average molecular weight is 504 g/mol. The standard InChI is InChI=1S/C27H29N5O3S/c1-31-10-7-17(8-11-31)26-22(30-36(3,34)35)13-19(14-29-26)18-4-5-21-20(12-18)25-23(15-28-21)32(2)16-27(25)9-6-24(27)33/h4-5,7,12-15,30H,6,8-11,16H2,1-3H3. The first-order valence-electron chi connectivity index (χ1n) is 12.2. The first kappa shape index (κ1) is 23.1. The zero-order valence-corrected chi connectivity index (χ0v) is 21.5. The Labute approximate surface area is 211 Å². The Morgan fingerprint density at radius 3 is 2.56 bits per heavy atom. The van der Waals surface area contributed by atoms with Crippen LogP contribution in [0.1, 0.15) is 30.5 Å². The number of benzene rings is 1. The van der Waals surface area contributed by atoms with E-state index in [1.165, 1.54) is 0 Å². The maximum absolute atomic E-state index is 12.8. The van der Waals surface area contributed by atoms with Gasteiger partial charge in [0.1, 0.15) is 5.78 Å². The van der Waals surface area contributed by atoms with E-state index < -0.39 is 15.4 Å². The molecule has 0 bridgehead atoms. The van der Waals surface area contributed by atoms with Crippen LogP contribution >= 0.6 is 0 Å². The molecule has 1 aliphatic carbocycles. The molecule has 0 radical (unpaired) electrons. The molecule has 1 aromatic carbocycles. The maximum Gasteiger partial charge on any atom is 0.229 e. The second-order valence-electron chi connectivity index (χ2n) is 10.3. The number of aromatic nitrogens is 2. The lowest BCUT2D eigenvalue weighted by atomic mass is 9.64. The van der Waals surface area contributed by atoms with Gasteiger partial charge in [-0.1, -0.05) is 12.1 Å². The van der Waals surface area contributed by atoms with Gasteiger partial charge in [0, 0.05) is 55.8 Å². The van der Waals surface area contributed by atoms with Gasteiger partial charge in [0.05, 0.1) is 40.5 Å². The molecule has 1 atom stereocenters. The van der Waals surface area contributed by atoms with Crippen molar-refractivity contribution in [2.24, 2.45) is 0 Å². The van der Waals surface area contributed by atoms with E-state index in [9.17, 15) is 13.2 Å². The van der Waals surface area contributed by atoms with Crippen LogP contribution in [0.15, 0.2) is 42.7 Å². The molecule has 4 heterocycles. The molecule has 1 spiro atoms. The van der Waals surface area contributed by atoms with Crippen LogP contribution in [0.3, 0.4) is 0 Å². The van der Waals surface area contributed by atoms with Crippen LogP contribution in [0.2, 0.25) is 0 Å². The first-order chi connectivity index (χ1) is 17.1. The number of sulfonamides is 1. The maximum atomic E-state index is 12.8. The summed E-state index contributed by atoms with van der Waals surface area (Å²) in [6, 6.07) is 7.88. The molecule has 36 heavy (non-hydrogen) atoms. The van der Waals surface area contributed by atoms with Crippen molar-refractivity contribution < 1.29 is 13.2 Å². The van der Waals surface area contributed by atoms with Gasteiger partial charge in [0.25, 0.3) is 0 Å². The van der Waals surface area contributed by atoms with E-state index in [0.717, 1.165) is 71.0 Å². The minimum atomic E-state index is -3.49. The second kappa shape index (κ2) is 8.11. The van der Waals surface area contributed by atoms with Crippen LogP contribution in [-0.2, 0) is 20.2 Å². The molecule has 0 saturated heterocycles. The van der Waals surface area contributed by atoms with Crippen molar-refractivity contribution >= 4 is 43.7 Å². The summed E-state index contributed by atoms with van der Waals surface area (Å²) in [5.74, 6) is 0.295. The Kier molecular flexibility index (Phi) is 5.21. The lowest BCUT2D eigenvalue weighted by Gasteiger charge is -2.37. The van der Waals surface area contributed by atoms with E-state index in [0.29, 0.717) is 30.1 Å². The van der Waals surface area contributed by atoms with Crippen molar-refractivity contribution in [1.82, 2.24) is 14.9 Å². The highest BCUT2D eigenvalue weighted by Gasteiger charge is 2.54. The number of carbonyl (C=O) groups excluding carboxylic acids is 1. The van der Waals surface area contributed by atoms with E-state index in [-0.39, 0.29) is 0 Å². The predicted molar refractivity (Wildman–Crippen MR) is 143 cm³/mol. The quantitative estimate of drug-likeness (QED) is 0.583. The summed E-state index contributed by atoms with van der Waals surface area (Å²) >= 11 is 0. The zero-order chi connectivity index (χ0) is 25.2. The lowest BCUT2D eigenvalue weighted by molar-refractivity contribution is -0.130. The molecule has 2 aromatic heterocycles. The molecule has 3 aromatic rings. The van der Waals surface area contributed by atoms with Crippen molar-refractivity contribution in [2.45, 2.75) is 24.7 Å². The Bertz CT molecular complexity index is 1570. The van der Waals surface area contributed by atoms with Crippen molar-refractivity contribution in [2.75, 3.05) is 49.6 Å². The van der Waals surface area contributed by atoms with Crippen molar-refractivity contribution in [3.63, 3.8) is 0 Å². The molecule has 1 fully saturated rings. The van der Waals surface area contributed by atoms with Crippen LogP contribution in [0, 0.1) is 0 Å². The Morgan fingerprint density at radius 1 is 1.06 bits per heavy atom. The molecule has 9 heteroatoms. The summed E-state index contributed by atoms with van der Waals surface area (Å²) < 4.78 is 27.1. The SMILES string of the molecule is CN1CC=C(c2ncc(-c3ccc4ncc5c(c4c3)C3(CCC3=O)CN5C)cc2NS(C)(=O)=O)CC1. The number of likely N-dealkylation sites (N-methyl/N-ethyl adjacent to an activating group) is 2. The van der Waals surface area contributed by atoms with Crippen LogP contribution in [-0.4, -0.2) is 69.1 Å². The predicted octanol–water partition coefficient (Wildman–Crippen LogP) is 3.44. The number of rotatable bonds is 4. The smallest absolute Gasteiger partial charge is 0.229 e. The summed E-state index contributed by atoms with van der Waals surface area (Å²) in [7, 11) is 0.578. The molecule has 186 valence electrons. The molecule has 1 N–H and O–H groups in total. The molecule has 3 aliphatic rings. The summed E-state index contributed by atoms with van der Waals surface area (Å²) in [5.41, 5.74) is 6.38. The van der Waals surface area contributed by atoms with Crippen molar-refractivity contribution in [3.8, 4) is 11.1 Å². The zero-order valence-electron chi connectivity index (χ0n) is 20.7. The number of pyridine rings is 2. The van der Waals surface area contributed by atoms with Crippen molar-refractivity contribution in [3.05, 3.63) is 54.0 Å². The molecule has 1 saturated carbocycles. The van der Waals surface area contributed by atoms with Crippen LogP contribution < -0.4 is 9.62 Å². The summed E-state index contributed by atoms with van der Waals surface area (Å²) in [6.45, 7) is 2.38. The summed E-state index contributed by atoms with van der Waals surface area (Å²) in [5, 5.41) is 0.974. The third-order valence-corrected chi connectivity index (χ3v) is 8.38. The normalized spacial score (nSPS) is 22.0. The molecule has 0 amide bonds. The fourth-order valence-corrected chi connectivity index (χ4v) is 6.38. The third kappa shape index (κ3) is 3.69. The van der Waals surface area contributed by atoms with Crippen LogP contribution in [0.25, 0.3) is 27.6 Å². The fourth-order valence-electron chi connectivity index (χ4n) is 5.83. The average Bonchev–Trinajstić information content (AvgIpc) is 3.17. The molecule has 2 aliphatic heterocycles. The lowest BCUT2D eigenvalue weighted by Crippen LogP contribution is -2.48.